The van der Waals surface area contributed by atoms with E-state index in [1.165, 1.54) is 26.4 Å². The number of hydrogen-bond acceptors (Lipinski definition) is 26. The van der Waals surface area contributed by atoms with Gasteiger partial charge in [0, 0.05) is 6.54 Å². The molecule has 9 heterocycles. The summed E-state index contributed by atoms with van der Waals surface area (Å²) in [5.74, 6) is 0.0241. The Balaban J connectivity index is 0.913. The molecule has 0 aromatic carbocycles. The van der Waals surface area contributed by atoms with E-state index in [1.54, 1.807) is 0 Å². The molecule has 63 heavy (non-hydrogen) atoms. The van der Waals surface area contributed by atoms with Gasteiger partial charge in [0.15, 0.2) is 53.1 Å². The molecular formula is C30H38N16O15P2. The van der Waals surface area contributed by atoms with Crippen molar-refractivity contribution in [2.24, 2.45) is 5.73 Å². The summed E-state index contributed by atoms with van der Waals surface area (Å²) in [5.41, 5.74) is 24.3. The lowest BCUT2D eigenvalue weighted by molar-refractivity contribution is -0.0638. The number of imidazole rings is 3. The predicted molar refractivity (Wildman–Crippen MR) is 205 cm³/mol. The van der Waals surface area contributed by atoms with Gasteiger partial charge in [-0.2, -0.15) is 0 Å². The number of rotatable bonds is 14. The Labute approximate surface area is 350 Å². The summed E-state index contributed by atoms with van der Waals surface area (Å²) >= 11 is 0. The molecule has 3 aliphatic rings. The first-order valence-electron chi connectivity index (χ1n) is 18.5. The van der Waals surface area contributed by atoms with E-state index >= 15 is 0 Å². The van der Waals surface area contributed by atoms with Gasteiger partial charge in [-0.15, -0.1) is 0 Å². The third kappa shape index (κ3) is 7.86. The van der Waals surface area contributed by atoms with E-state index < -0.39 is 102 Å². The minimum absolute atomic E-state index is 0.0241. The van der Waals surface area contributed by atoms with Crippen LogP contribution in [0.25, 0.3) is 33.5 Å². The summed E-state index contributed by atoms with van der Waals surface area (Å²) in [7, 11) is -10.5. The number of nitrogens with two attached hydrogens (primary N) is 4. The largest absolute Gasteiger partial charge is 0.472 e. The number of aromatic nitrogens is 12. The van der Waals surface area contributed by atoms with Crippen LogP contribution in [0.2, 0.25) is 0 Å². The van der Waals surface area contributed by atoms with E-state index in [-0.39, 0.29) is 57.5 Å². The lowest BCUT2D eigenvalue weighted by atomic mass is 10.1. The summed E-state index contributed by atoms with van der Waals surface area (Å²) < 4.78 is 69.8. The number of phosphoric acid groups is 2. The highest BCUT2D eigenvalue weighted by atomic mass is 31.2. The van der Waals surface area contributed by atoms with Crippen molar-refractivity contribution in [3.63, 3.8) is 0 Å². The molecule has 6 aromatic rings. The zero-order valence-electron chi connectivity index (χ0n) is 31.9. The Morgan fingerprint density at radius 3 is 1.33 bits per heavy atom. The van der Waals surface area contributed by atoms with Crippen LogP contribution >= 0.6 is 15.6 Å². The Bertz CT molecular complexity index is 2750. The summed E-state index contributed by atoms with van der Waals surface area (Å²) in [6.45, 7) is -2.00. The smallest absolute Gasteiger partial charge is 0.387 e. The highest BCUT2D eigenvalue weighted by Crippen LogP contribution is 2.53. The number of hydrogen-bond donors (Lipinski definition) is 10. The van der Waals surface area contributed by atoms with Gasteiger partial charge >= 0.3 is 15.6 Å². The quantitative estimate of drug-likeness (QED) is 0.0471. The third-order valence-corrected chi connectivity index (χ3v) is 12.5. The van der Waals surface area contributed by atoms with Crippen LogP contribution in [-0.4, -0.2) is 163 Å². The van der Waals surface area contributed by atoms with Crippen LogP contribution in [0.4, 0.5) is 17.5 Å². The molecule has 14 atom stereocenters. The molecule has 0 radical (unpaired) electrons. The fraction of sp³-hybridized carbons (Fsp3) is 0.500. The van der Waals surface area contributed by atoms with Crippen molar-refractivity contribution in [2.75, 3.05) is 37.0 Å². The Morgan fingerprint density at radius 2 is 0.905 bits per heavy atom. The first kappa shape index (κ1) is 43.2. The number of nitrogen functional groups attached to an aromatic ring is 3. The summed E-state index contributed by atoms with van der Waals surface area (Å²) in [6, 6.07) is 0. The van der Waals surface area contributed by atoms with Crippen molar-refractivity contribution in [3.05, 3.63) is 38.0 Å². The van der Waals surface area contributed by atoms with Crippen LogP contribution in [0.1, 0.15) is 18.7 Å². The van der Waals surface area contributed by atoms with Gasteiger partial charge in [0.1, 0.15) is 90.5 Å². The van der Waals surface area contributed by atoms with Crippen LogP contribution in [0.15, 0.2) is 38.0 Å². The maximum absolute atomic E-state index is 13.6. The fourth-order valence-electron chi connectivity index (χ4n) is 7.41. The maximum atomic E-state index is 13.6. The second-order valence-electron chi connectivity index (χ2n) is 14.3. The molecule has 338 valence electrons. The predicted octanol–water partition coefficient (Wildman–Crippen LogP) is -3.65. The fourth-order valence-corrected chi connectivity index (χ4v) is 9.28. The van der Waals surface area contributed by atoms with Crippen LogP contribution in [-0.2, 0) is 41.4 Å². The van der Waals surface area contributed by atoms with E-state index in [0.29, 0.717) is 0 Å². The van der Waals surface area contributed by atoms with Crippen molar-refractivity contribution >= 4 is 66.6 Å². The van der Waals surface area contributed by atoms with Crippen LogP contribution < -0.4 is 22.9 Å². The van der Waals surface area contributed by atoms with Crippen LogP contribution in [0.5, 0.6) is 0 Å². The summed E-state index contributed by atoms with van der Waals surface area (Å²) in [6.07, 6.45) is -11.5. The first-order chi connectivity index (χ1) is 30.1. The third-order valence-electron chi connectivity index (χ3n) is 10.5. The van der Waals surface area contributed by atoms with Gasteiger partial charge < -0.3 is 67.4 Å². The molecule has 33 heteroatoms. The lowest BCUT2D eigenvalue weighted by Gasteiger charge is -2.25. The van der Waals surface area contributed by atoms with E-state index in [4.69, 9.17) is 55.2 Å². The number of fused-ring (bicyclic) bond motifs is 3. The van der Waals surface area contributed by atoms with E-state index in [0.717, 1.165) is 25.3 Å². The Hall–Kier alpha value is -5.05. The zero-order chi connectivity index (χ0) is 44.5. The molecule has 3 saturated heterocycles. The van der Waals surface area contributed by atoms with E-state index in [1.807, 2.05) is 0 Å². The second kappa shape index (κ2) is 16.5. The van der Waals surface area contributed by atoms with Gasteiger partial charge in [-0.3, -0.25) is 31.8 Å². The summed E-state index contributed by atoms with van der Waals surface area (Å²) in [5, 5.41) is 44.2. The minimum Gasteiger partial charge on any atom is -0.387 e. The van der Waals surface area contributed by atoms with Gasteiger partial charge in [0.2, 0.25) is 0 Å². The second-order valence-corrected chi connectivity index (χ2v) is 17.1. The lowest BCUT2D eigenvalue weighted by Crippen LogP contribution is -2.37. The van der Waals surface area contributed by atoms with E-state index in [2.05, 4.69) is 44.9 Å². The van der Waals surface area contributed by atoms with Gasteiger partial charge in [0.25, 0.3) is 0 Å². The molecule has 0 saturated carbocycles. The molecule has 31 nitrogen and oxygen atoms in total. The van der Waals surface area contributed by atoms with Gasteiger partial charge in [-0.05, 0) is 0 Å². The average molecular weight is 925 g/mol. The molecule has 0 spiro atoms. The van der Waals surface area contributed by atoms with Crippen LogP contribution in [0, 0.1) is 0 Å². The molecule has 2 unspecified atom stereocenters. The average Bonchev–Trinajstić information content (AvgIpc) is 4.11. The van der Waals surface area contributed by atoms with Crippen molar-refractivity contribution in [1.82, 2.24) is 58.6 Å². The number of aliphatic hydroxyl groups excluding tert-OH is 4. The number of nitrogens with zero attached hydrogens (tertiary/aromatic N) is 12. The molecule has 14 N–H and O–H groups in total. The molecule has 0 bridgehead atoms. The first-order valence-corrected chi connectivity index (χ1v) is 21.5. The highest BCUT2D eigenvalue weighted by molar-refractivity contribution is 7.47. The van der Waals surface area contributed by atoms with Gasteiger partial charge in [-0.1, -0.05) is 0 Å². The van der Waals surface area contributed by atoms with Crippen molar-refractivity contribution < 1.29 is 71.6 Å². The molecule has 0 amide bonds. The number of phosphoric ester groups is 2. The van der Waals surface area contributed by atoms with Crippen LogP contribution in [0.3, 0.4) is 0 Å². The molecule has 3 aliphatic heterocycles. The monoisotopic (exact) mass is 924 g/mol. The van der Waals surface area contributed by atoms with Crippen molar-refractivity contribution in [3.8, 4) is 0 Å². The molecule has 6 aromatic heterocycles. The minimum atomic E-state index is -5.28. The number of ether oxygens (including phenoxy) is 3. The van der Waals surface area contributed by atoms with E-state index in [9.17, 15) is 39.3 Å². The molecule has 0 aliphatic carbocycles. The molecule has 9 rings (SSSR count). The highest BCUT2D eigenvalue weighted by Gasteiger charge is 2.53. The Morgan fingerprint density at radius 1 is 0.540 bits per heavy atom. The van der Waals surface area contributed by atoms with Crippen molar-refractivity contribution in [1.29, 1.82) is 0 Å². The maximum Gasteiger partial charge on any atom is 0.472 e. The summed E-state index contributed by atoms with van der Waals surface area (Å²) in [4.78, 5) is 58.3. The molecule has 3 fully saturated rings. The molecular weight excluding hydrogens is 886 g/mol. The van der Waals surface area contributed by atoms with Crippen molar-refractivity contribution in [2.45, 2.75) is 73.6 Å². The van der Waals surface area contributed by atoms with Gasteiger partial charge in [-0.25, -0.2) is 54.0 Å². The number of aliphatic hydroxyl groups is 4. The number of anilines is 3. The normalized spacial score (nSPS) is 31.9. The zero-order valence-corrected chi connectivity index (χ0v) is 33.7. The SMILES string of the molecule is NC[C@H]1O[C@@H](n2cnc3c(N)ncnc32)[C@H](OP(=O)(O)OC[C@H]2O[C@@H](n3cnc4c(N)ncnc43)[C@H](OP(=O)(O)OC[C@H]3O[C@@H](n4cnc5c(N)ncnc54)[C@H](O)[C@@H]3O)[C@@H]2O)[C@@H]1O. The standard InChI is InChI=1S/C30H38N16O15P2/c31-1-10-17(48)20(29(57-10)45-8-42-14-23(33)36-5-39-26(14)45)60-63(53,54)56-3-12-18(49)21(30(59-12)46-9-43-15-24(34)37-6-40-27(15)46)61-62(51,52)55-2-11-16(47)19(50)28(58-11)44-7-41-13-22(32)35-4-38-25(13)44/h4-12,16-21,28-30,47-50H,1-3,31H2,(H,51,52)(H,53,54)(H2,32,35,38)(H2,33,36,39)(H2,34,37,40)/t10-,11-,12-,16-,17-,18-,19-,20-,21-,28-,29-,30-/m1/s1. The Kier molecular flexibility index (Phi) is 11.3. The topological polar surface area (TPSA) is 455 Å². The van der Waals surface area contributed by atoms with Gasteiger partial charge in [0.05, 0.1) is 32.2 Å².